The number of nitrogens with two attached hydrogens (primary N) is 1. The van der Waals surface area contributed by atoms with Crippen LogP contribution in [-0.4, -0.2) is 31.9 Å². The Hall–Kier alpha value is -2.05. The molecule has 0 aromatic carbocycles. The predicted octanol–water partition coefficient (Wildman–Crippen LogP) is -0.191. The fourth-order valence-electron chi connectivity index (χ4n) is 0.884. The third-order valence-corrected chi connectivity index (χ3v) is 1.72. The minimum Gasteiger partial charge on any atom is -0.480 e. The first-order valence-electron chi connectivity index (χ1n) is 3.74. The molecule has 1 unspecified atom stereocenters. The van der Waals surface area contributed by atoms with E-state index in [1.54, 1.807) is 0 Å². The fraction of sp³-hybridized carbons (Fsp3) is 0.286. The number of carboxylic acids is 2. The standard InChI is InChI=1S/C7H9N3O4/c1-3(6(11)12)10-2-4(8)5(9-10)7(13)14/h2-3H,8H2,1H3,(H,11,12)(H,13,14). The highest BCUT2D eigenvalue weighted by Crippen LogP contribution is 2.13. The van der Waals surface area contributed by atoms with Gasteiger partial charge in [-0.25, -0.2) is 9.59 Å². The van der Waals surface area contributed by atoms with E-state index in [1.807, 2.05) is 0 Å². The van der Waals surface area contributed by atoms with E-state index in [1.165, 1.54) is 13.1 Å². The van der Waals surface area contributed by atoms with E-state index >= 15 is 0 Å². The molecule has 0 spiro atoms. The van der Waals surface area contributed by atoms with E-state index in [2.05, 4.69) is 5.10 Å². The predicted molar refractivity (Wildman–Crippen MR) is 45.9 cm³/mol. The van der Waals surface area contributed by atoms with Crippen LogP contribution in [0.2, 0.25) is 0 Å². The Balaban J connectivity index is 3.08. The van der Waals surface area contributed by atoms with Crippen molar-refractivity contribution < 1.29 is 19.8 Å². The largest absolute Gasteiger partial charge is 0.480 e. The third-order valence-electron chi connectivity index (χ3n) is 1.72. The second kappa shape index (κ2) is 3.36. The van der Waals surface area contributed by atoms with Crippen molar-refractivity contribution in [3.05, 3.63) is 11.9 Å². The maximum Gasteiger partial charge on any atom is 0.358 e. The number of nitrogens with zero attached hydrogens (tertiary/aromatic N) is 2. The molecule has 1 aromatic rings. The number of hydrogen-bond acceptors (Lipinski definition) is 4. The molecular weight excluding hydrogens is 190 g/mol. The zero-order valence-corrected chi connectivity index (χ0v) is 7.34. The molecule has 0 radical (unpaired) electrons. The molecular formula is C7H9N3O4. The second-order valence-corrected chi connectivity index (χ2v) is 2.73. The highest BCUT2D eigenvalue weighted by atomic mass is 16.4. The maximum absolute atomic E-state index is 10.5. The van der Waals surface area contributed by atoms with Crippen LogP contribution < -0.4 is 5.73 Å². The molecule has 0 aliphatic rings. The van der Waals surface area contributed by atoms with E-state index in [0.29, 0.717) is 0 Å². The summed E-state index contributed by atoms with van der Waals surface area (Å²) < 4.78 is 1.00. The quantitative estimate of drug-likeness (QED) is 0.620. The van der Waals surface area contributed by atoms with Crippen molar-refractivity contribution >= 4 is 17.6 Å². The van der Waals surface area contributed by atoms with Gasteiger partial charge in [0.2, 0.25) is 0 Å². The first-order valence-corrected chi connectivity index (χ1v) is 3.74. The Kier molecular flexibility index (Phi) is 2.41. The summed E-state index contributed by atoms with van der Waals surface area (Å²) >= 11 is 0. The average molecular weight is 199 g/mol. The second-order valence-electron chi connectivity index (χ2n) is 2.73. The molecule has 4 N–H and O–H groups in total. The zero-order valence-electron chi connectivity index (χ0n) is 7.34. The van der Waals surface area contributed by atoms with Crippen molar-refractivity contribution in [3.63, 3.8) is 0 Å². The van der Waals surface area contributed by atoms with Gasteiger partial charge in [0.25, 0.3) is 0 Å². The number of rotatable bonds is 3. The van der Waals surface area contributed by atoms with Crippen LogP contribution in [0.5, 0.6) is 0 Å². The average Bonchev–Trinajstić information content (AvgIpc) is 2.45. The van der Waals surface area contributed by atoms with Crippen LogP contribution >= 0.6 is 0 Å². The molecule has 76 valence electrons. The number of aliphatic carboxylic acids is 1. The molecule has 1 aromatic heterocycles. The molecule has 0 saturated carbocycles. The monoisotopic (exact) mass is 199 g/mol. The van der Waals surface area contributed by atoms with Crippen molar-refractivity contribution in [1.29, 1.82) is 0 Å². The van der Waals surface area contributed by atoms with Crippen LogP contribution in [0.3, 0.4) is 0 Å². The summed E-state index contributed by atoms with van der Waals surface area (Å²) in [5, 5.41) is 20.8. The molecule has 0 amide bonds. The molecule has 0 saturated heterocycles. The first-order chi connectivity index (χ1) is 6.43. The first kappa shape index (κ1) is 10.0. The zero-order chi connectivity index (χ0) is 10.9. The maximum atomic E-state index is 10.5. The van der Waals surface area contributed by atoms with Crippen LogP contribution in [0.25, 0.3) is 0 Å². The fourth-order valence-corrected chi connectivity index (χ4v) is 0.884. The van der Waals surface area contributed by atoms with Gasteiger partial charge < -0.3 is 15.9 Å². The number of anilines is 1. The summed E-state index contributed by atoms with van der Waals surface area (Å²) in [6, 6.07) is -0.939. The van der Waals surface area contributed by atoms with E-state index < -0.39 is 18.0 Å². The Morgan fingerprint density at radius 1 is 1.57 bits per heavy atom. The lowest BCUT2D eigenvalue weighted by Crippen LogP contribution is -2.16. The number of aromatic nitrogens is 2. The lowest BCUT2D eigenvalue weighted by atomic mass is 10.3. The number of carbonyl (C=O) groups is 2. The normalized spacial score (nSPS) is 12.4. The molecule has 0 bridgehead atoms. The molecule has 1 heterocycles. The Labute approximate surface area is 78.7 Å². The minimum absolute atomic E-state index is 0.0504. The Bertz CT molecular complexity index is 384. The smallest absolute Gasteiger partial charge is 0.358 e. The van der Waals surface area contributed by atoms with E-state index in [9.17, 15) is 9.59 Å². The lowest BCUT2D eigenvalue weighted by Gasteiger charge is -2.04. The summed E-state index contributed by atoms with van der Waals surface area (Å²) in [5.41, 5.74) is 4.94. The summed E-state index contributed by atoms with van der Waals surface area (Å²) in [6.45, 7) is 1.38. The molecule has 1 atom stereocenters. The molecule has 0 fully saturated rings. The summed E-state index contributed by atoms with van der Waals surface area (Å²) in [5.74, 6) is -2.39. The van der Waals surface area contributed by atoms with Crippen molar-refractivity contribution in [2.24, 2.45) is 0 Å². The van der Waals surface area contributed by atoms with Gasteiger partial charge in [-0.1, -0.05) is 0 Å². The van der Waals surface area contributed by atoms with Crippen LogP contribution in [0.15, 0.2) is 6.20 Å². The summed E-state index contributed by atoms with van der Waals surface area (Å²) in [7, 11) is 0. The number of nitrogen functional groups attached to an aromatic ring is 1. The van der Waals surface area contributed by atoms with Gasteiger partial charge in [0, 0.05) is 6.20 Å². The molecule has 0 aliphatic carbocycles. The van der Waals surface area contributed by atoms with Crippen molar-refractivity contribution in [1.82, 2.24) is 9.78 Å². The van der Waals surface area contributed by atoms with Gasteiger partial charge in [-0.15, -0.1) is 0 Å². The molecule has 7 nitrogen and oxygen atoms in total. The number of carboxylic acid groups (broad SMARTS) is 2. The van der Waals surface area contributed by atoms with Gasteiger partial charge in [-0.3, -0.25) is 4.68 Å². The van der Waals surface area contributed by atoms with Crippen LogP contribution in [0.4, 0.5) is 5.69 Å². The van der Waals surface area contributed by atoms with E-state index in [4.69, 9.17) is 15.9 Å². The molecule has 7 heteroatoms. The van der Waals surface area contributed by atoms with Gasteiger partial charge in [-0.05, 0) is 6.92 Å². The third kappa shape index (κ3) is 1.65. The topological polar surface area (TPSA) is 118 Å². The van der Waals surface area contributed by atoms with Gasteiger partial charge in [-0.2, -0.15) is 5.10 Å². The molecule has 0 aliphatic heterocycles. The number of hydrogen-bond donors (Lipinski definition) is 3. The SMILES string of the molecule is CC(C(=O)O)n1cc(N)c(C(=O)O)n1. The lowest BCUT2D eigenvalue weighted by molar-refractivity contribution is -0.140. The summed E-state index contributed by atoms with van der Waals surface area (Å²) in [4.78, 5) is 21.1. The van der Waals surface area contributed by atoms with Crippen molar-refractivity contribution in [2.45, 2.75) is 13.0 Å². The van der Waals surface area contributed by atoms with Crippen LogP contribution in [-0.2, 0) is 4.79 Å². The highest BCUT2D eigenvalue weighted by molar-refractivity contribution is 5.91. The van der Waals surface area contributed by atoms with Crippen molar-refractivity contribution in [2.75, 3.05) is 5.73 Å². The van der Waals surface area contributed by atoms with E-state index in [0.717, 1.165) is 4.68 Å². The Morgan fingerprint density at radius 3 is 2.50 bits per heavy atom. The van der Waals surface area contributed by atoms with Crippen LogP contribution in [0.1, 0.15) is 23.5 Å². The van der Waals surface area contributed by atoms with Crippen LogP contribution in [0, 0.1) is 0 Å². The molecule has 1 rings (SSSR count). The highest BCUT2D eigenvalue weighted by Gasteiger charge is 2.19. The Morgan fingerprint density at radius 2 is 2.14 bits per heavy atom. The van der Waals surface area contributed by atoms with E-state index in [-0.39, 0.29) is 11.4 Å². The minimum atomic E-state index is -1.28. The van der Waals surface area contributed by atoms with Gasteiger partial charge >= 0.3 is 11.9 Å². The van der Waals surface area contributed by atoms with Gasteiger partial charge in [0.15, 0.2) is 5.69 Å². The van der Waals surface area contributed by atoms with Crippen molar-refractivity contribution in [3.8, 4) is 0 Å². The number of aromatic carboxylic acids is 1. The van der Waals surface area contributed by atoms with Gasteiger partial charge in [0.1, 0.15) is 6.04 Å². The summed E-state index contributed by atoms with van der Waals surface area (Å²) in [6.07, 6.45) is 1.18. The molecule has 14 heavy (non-hydrogen) atoms. The van der Waals surface area contributed by atoms with Gasteiger partial charge in [0.05, 0.1) is 5.69 Å².